The van der Waals surface area contributed by atoms with Crippen molar-refractivity contribution in [3.8, 4) is 0 Å². The van der Waals surface area contributed by atoms with E-state index in [9.17, 15) is 0 Å². The van der Waals surface area contributed by atoms with Crippen molar-refractivity contribution in [2.45, 2.75) is 57.0 Å². The van der Waals surface area contributed by atoms with Gasteiger partial charge in [0.15, 0.2) is 0 Å². The summed E-state index contributed by atoms with van der Waals surface area (Å²) in [4.78, 5) is 5.20. The molecule has 4 aliphatic heterocycles. The fraction of sp³-hybridized carbons (Fsp3) is 0.517. The minimum atomic E-state index is 0.171. The first-order valence-corrected chi connectivity index (χ1v) is 13.2. The van der Waals surface area contributed by atoms with Gasteiger partial charge in [-0.25, -0.2) is 0 Å². The molecule has 0 radical (unpaired) electrons. The molecule has 0 aromatic heterocycles. The Balaban J connectivity index is 1.03. The molecule has 3 unspecified atom stereocenters. The standard InChI is InChI=1S/C29H36ClN3/c1-20-5-10-28-25-8-6-22(18-23(25)11-15-33(20)28)4-3-14-32-16-12-29(13-17-32)21(2)31-27-9-7-24(30)19-26(27)29/h6-9,18-19,26-28,31H,1-5,10-17H2. The monoisotopic (exact) mass is 461 g/mol. The maximum absolute atomic E-state index is 6.37. The molecule has 3 fully saturated rings. The zero-order chi connectivity index (χ0) is 22.6. The van der Waals surface area contributed by atoms with Crippen molar-refractivity contribution in [3.63, 3.8) is 0 Å². The summed E-state index contributed by atoms with van der Waals surface area (Å²) in [5.74, 6) is 0.452. The van der Waals surface area contributed by atoms with Crippen LogP contribution >= 0.6 is 11.6 Å². The van der Waals surface area contributed by atoms with E-state index in [1.807, 2.05) is 6.08 Å². The molecule has 1 aromatic carbocycles. The molecule has 6 rings (SSSR count). The molecule has 174 valence electrons. The summed E-state index contributed by atoms with van der Waals surface area (Å²) in [6.45, 7) is 13.3. The van der Waals surface area contributed by atoms with Crippen molar-refractivity contribution >= 4 is 11.6 Å². The second-order valence-corrected chi connectivity index (χ2v) is 11.2. The number of likely N-dealkylation sites (tertiary alicyclic amines) is 1. The van der Waals surface area contributed by atoms with Crippen LogP contribution in [0.1, 0.15) is 54.8 Å². The number of benzene rings is 1. The Kier molecular flexibility index (Phi) is 5.46. The van der Waals surface area contributed by atoms with Gasteiger partial charge in [-0.3, -0.25) is 0 Å². The average Bonchev–Trinajstić information content (AvgIpc) is 3.33. The molecule has 4 heteroatoms. The predicted octanol–water partition coefficient (Wildman–Crippen LogP) is 5.70. The Morgan fingerprint density at radius 2 is 1.97 bits per heavy atom. The molecule has 1 spiro atoms. The van der Waals surface area contributed by atoms with Crippen molar-refractivity contribution in [3.05, 3.63) is 82.7 Å². The van der Waals surface area contributed by atoms with Crippen molar-refractivity contribution in [2.24, 2.45) is 11.3 Å². The van der Waals surface area contributed by atoms with Crippen LogP contribution in [0.5, 0.6) is 0 Å². The maximum atomic E-state index is 6.37. The van der Waals surface area contributed by atoms with E-state index < -0.39 is 0 Å². The molecule has 5 aliphatic rings. The summed E-state index contributed by atoms with van der Waals surface area (Å²) in [7, 11) is 0. The topological polar surface area (TPSA) is 18.5 Å². The van der Waals surface area contributed by atoms with Crippen molar-refractivity contribution in [1.82, 2.24) is 15.1 Å². The van der Waals surface area contributed by atoms with Crippen LogP contribution in [0.25, 0.3) is 0 Å². The van der Waals surface area contributed by atoms with Gasteiger partial charge in [-0.2, -0.15) is 0 Å². The van der Waals surface area contributed by atoms with Gasteiger partial charge < -0.3 is 15.1 Å². The highest BCUT2D eigenvalue weighted by Crippen LogP contribution is 2.52. The summed E-state index contributed by atoms with van der Waals surface area (Å²) in [6.07, 6.45) is 14.8. The number of rotatable bonds is 4. The highest BCUT2D eigenvalue weighted by atomic mass is 35.5. The maximum Gasteiger partial charge on any atom is 0.0545 e. The molecule has 1 aromatic rings. The van der Waals surface area contributed by atoms with E-state index in [-0.39, 0.29) is 5.41 Å². The average molecular weight is 462 g/mol. The van der Waals surface area contributed by atoms with Crippen molar-refractivity contribution in [1.29, 1.82) is 0 Å². The SMILES string of the molecule is C=C1CCC2c3ccc(CCCN4CCC5(CC4)C(=C)NC4C=CC(Cl)=CC45)cc3CCN12. The van der Waals surface area contributed by atoms with Gasteiger partial charge in [-0.15, -0.1) is 0 Å². The van der Waals surface area contributed by atoms with Crippen molar-refractivity contribution in [2.75, 3.05) is 26.2 Å². The number of nitrogens with zero attached hydrogens (tertiary/aromatic N) is 2. The summed E-state index contributed by atoms with van der Waals surface area (Å²) in [5.41, 5.74) is 7.38. The van der Waals surface area contributed by atoms with Gasteiger partial charge in [0.25, 0.3) is 0 Å². The number of hydrogen-bond acceptors (Lipinski definition) is 3. The smallest absolute Gasteiger partial charge is 0.0545 e. The van der Waals surface area contributed by atoms with Crippen LogP contribution in [0.2, 0.25) is 0 Å². The zero-order valence-electron chi connectivity index (χ0n) is 19.7. The Labute approximate surface area is 203 Å². The second-order valence-electron chi connectivity index (χ2n) is 10.8. The quantitative estimate of drug-likeness (QED) is 0.620. The van der Waals surface area contributed by atoms with E-state index in [4.69, 9.17) is 11.6 Å². The third-order valence-corrected chi connectivity index (χ3v) is 9.39. The third kappa shape index (κ3) is 3.68. The number of piperidine rings is 1. The molecule has 4 heterocycles. The van der Waals surface area contributed by atoms with Crippen LogP contribution in [-0.4, -0.2) is 42.0 Å². The van der Waals surface area contributed by atoms with E-state index >= 15 is 0 Å². The first kappa shape index (κ1) is 21.6. The number of fused-ring (bicyclic) bond motifs is 5. The normalized spacial score (nSPS) is 30.2. The number of allylic oxidation sites excluding steroid dienone is 4. The minimum Gasteiger partial charge on any atom is -0.381 e. The minimum absolute atomic E-state index is 0.171. The number of nitrogens with one attached hydrogen (secondary N) is 1. The number of hydrogen-bond donors (Lipinski definition) is 1. The third-order valence-electron chi connectivity index (χ3n) is 9.13. The summed E-state index contributed by atoms with van der Waals surface area (Å²) < 4.78 is 0. The molecule has 3 atom stereocenters. The van der Waals surface area contributed by atoms with Gasteiger partial charge in [0.2, 0.25) is 0 Å². The van der Waals surface area contributed by atoms with E-state index in [1.54, 1.807) is 11.1 Å². The van der Waals surface area contributed by atoms with Crippen LogP contribution in [0.3, 0.4) is 0 Å². The lowest BCUT2D eigenvalue weighted by Gasteiger charge is -2.43. The summed E-state index contributed by atoms with van der Waals surface area (Å²) in [5, 5.41) is 4.53. The van der Waals surface area contributed by atoms with Gasteiger partial charge in [-0.1, -0.05) is 55.1 Å². The lowest BCUT2D eigenvalue weighted by Crippen LogP contribution is -2.44. The molecule has 33 heavy (non-hydrogen) atoms. The van der Waals surface area contributed by atoms with Crippen LogP contribution in [0.15, 0.2) is 66.0 Å². The highest BCUT2D eigenvalue weighted by Gasteiger charge is 2.51. The summed E-state index contributed by atoms with van der Waals surface area (Å²) >= 11 is 6.37. The fourth-order valence-corrected chi connectivity index (χ4v) is 7.42. The van der Waals surface area contributed by atoms with E-state index in [0.717, 1.165) is 31.1 Å². The van der Waals surface area contributed by atoms with Crippen LogP contribution < -0.4 is 5.32 Å². The lowest BCUT2D eigenvalue weighted by atomic mass is 9.66. The summed E-state index contributed by atoms with van der Waals surface area (Å²) in [6, 6.07) is 8.25. The molecule has 3 nitrogen and oxygen atoms in total. The molecular weight excluding hydrogens is 426 g/mol. The zero-order valence-corrected chi connectivity index (χ0v) is 20.4. The first-order chi connectivity index (χ1) is 16.0. The van der Waals surface area contributed by atoms with Gasteiger partial charge >= 0.3 is 0 Å². The Morgan fingerprint density at radius 1 is 1.12 bits per heavy atom. The Bertz CT molecular complexity index is 1030. The Morgan fingerprint density at radius 3 is 2.82 bits per heavy atom. The van der Waals surface area contributed by atoms with E-state index in [2.05, 4.69) is 58.6 Å². The molecular formula is C29H36ClN3. The van der Waals surface area contributed by atoms with Crippen molar-refractivity contribution < 1.29 is 0 Å². The molecule has 0 amide bonds. The molecule has 0 saturated carbocycles. The first-order valence-electron chi connectivity index (χ1n) is 12.8. The molecule has 3 saturated heterocycles. The molecule has 1 N–H and O–H groups in total. The molecule has 0 bridgehead atoms. The van der Waals surface area contributed by atoms with E-state index in [0.29, 0.717) is 18.0 Å². The van der Waals surface area contributed by atoms with Gasteiger partial charge in [-0.05, 0) is 87.3 Å². The Hall–Kier alpha value is -1.97. The van der Waals surface area contributed by atoms with Crippen LogP contribution in [0.4, 0.5) is 0 Å². The highest BCUT2D eigenvalue weighted by molar-refractivity contribution is 6.31. The number of aryl methyl sites for hydroxylation is 1. The molecule has 1 aliphatic carbocycles. The largest absolute Gasteiger partial charge is 0.381 e. The fourth-order valence-electron chi connectivity index (χ4n) is 7.21. The predicted molar refractivity (Wildman–Crippen MR) is 137 cm³/mol. The van der Waals surface area contributed by atoms with Gasteiger partial charge in [0.1, 0.15) is 0 Å². The number of halogens is 1. The second kappa shape index (κ2) is 8.36. The van der Waals surface area contributed by atoms with Gasteiger partial charge in [0.05, 0.1) is 12.1 Å². The van der Waals surface area contributed by atoms with Crippen LogP contribution in [0, 0.1) is 11.3 Å². The van der Waals surface area contributed by atoms with Crippen LogP contribution in [-0.2, 0) is 12.8 Å². The lowest BCUT2D eigenvalue weighted by molar-refractivity contribution is 0.110. The van der Waals surface area contributed by atoms with E-state index in [1.165, 1.54) is 62.0 Å². The van der Waals surface area contributed by atoms with Gasteiger partial charge in [0, 0.05) is 34.3 Å².